The largest absolute Gasteiger partial charge is 0.394 e. The van der Waals surface area contributed by atoms with E-state index in [0.717, 1.165) is 4.57 Å². The predicted octanol–water partition coefficient (Wildman–Crippen LogP) is -2.56. The molecule has 0 aliphatic carbocycles. The molecule has 2 rings (SSSR count). The Kier molecular flexibility index (Phi) is 3.11. The number of aliphatic hydroxyl groups is 3. The molecule has 2 heterocycles. The molecule has 94 valence electrons. The number of nitrogens with two attached hydrogens (primary N) is 1. The van der Waals surface area contributed by atoms with Crippen LogP contribution in [0.1, 0.15) is 6.23 Å². The molecule has 17 heavy (non-hydrogen) atoms. The van der Waals surface area contributed by atoms with Crippen LogP contribution in [0.2, 0.25) is 0 Å². The standard InChI is InChI=1S/C9H13N3O5/c10-5-1-2-12(9(16)11-5)8-7(15)6(14)4(3-13)17-8/h1-2,4,6-8,13-15H,3H2,(H2,10,11,16)/t4-,6-,7-,8-/m1/s1/i3+1,4+1,6+1,7+1,8+1. The Balaban J connectivity index is 2.32. The van der Waals surface area contributed by atoms with E-state index in [-0.39, 0.29) is 5.82 Å². The van der Waals surface area contributed by atoms with Crippen molar-refractivity contribution in [3.63, 3.8) is 0 Å². The quantitative estimate of drug-likeness (QED) is 0.423. The first-order chi connectivity index (χ1) is 8.04. The minimum Gasteiger partial charge on any atom is -0.394 e. The molecular weight excluding hydrogens is 235 g/mol. The van der Waals surface area contributed by atoms with Crippen molar-refractivity contribution in [1.82, 2.24) is 9.55 Å². The van der Waals surface area contributed by atoms with Gasteiger partial charge >= 0.3 is 5.69 Å². The highest BCUT2D eigenvalue weighted by atomic mass is 16.8. The molecule has 1 aliphatic rings. The third-order valence-electron chi connectivity index (χ3n) is 2.64. The average Bonchev–Trinajstić information content (AvgIpc) is 2.57. The molecule has 0 unspecified atom stereocenters. The van der Waals surface area contributed by atoms with E-state index in [1.165, 1.54) is 12.3 Å². The molecule has 8 nitrogen and oxygen atoms in total. The number of rotatable bonds is 2. The SMILES string of the molecule is Nc1ccn([13C@@H]2O[13C@H]([13CH2]O)[13C@@H](O)[13C@H]2O)c(=O)n1. The normalized spacial score (nSPS) is 32.9. The van der Waals surface area contributed by atoms with E-state index in [2.05, 4.69) is 4.98 Å². The number of nitrogen functional groups attached to an aromatic ring is 1. The molecule has 0 bridgehead atoms. The lowest BCUT2D eigenvalue weighted by atomic mass is 10.6. The smallest absolute Gasteiger partial charge is 0.351 e. The summed E-state index contributed by atoms with van der Waals surface area (Å²) in [5, 5.41) is 28.2. The van der Waals surface area contributed by atoms with E-state index in [1.54, 1.807) is 0 Å². The molecule has 0 aromatic carbocycles. The van der Waals surface area contributed by atoms with Gasteiger partial charge in [0.25, 0.3) is 0 Å². The fourth-order valence-electron chi connectivity index (χ4n) is 1.73. The number of hydrogen-bond donors (Lipinski definition) is 4. The van der Waals surface area contributed by atoms with Crippen molar-refractivity contribution in [2.24, 2.45) is 0 Å². The summed E-state index contributed by atoms with van der Waals surface area (Å²) >= 11 is 0. The first kappa shape index (κ1) is 12.0. The second-order valence-electron chi connectivity index (χ2n) is 3.77. The molecule has 0 radical (unpaired) electrons. The Morgan fingerprint density at radius 3 is 2.71 bits per heavy atom. The summed E-state index contributed by atoms with van der Waals surface area (Å²) in [6.07, 6.45) is -3.27. The number of anilines is 1. The Morgan fingerprint density at radius 2 is 2.18 bits per heavy atom. The molecule has 5 N–H and O–H groups in total. The molecule has 0 amide bonds. The van der Waals surface area contributed by atoms with Gasteiger partial charge in [-0.3, -0.25) is 4.57 Å². The van der Waals surface area contributed by atoms with Gasteiger partial charge in [-0.05, 0) is 6.07 Å². The van der Waals surface area contributed by atoms with Gasteiger partial charge < -0.3 is 25.8 Å². The van der Waals surface area contributed by atoms with Crippen LogP contribution in [0.5, 0.6) is 0 Å². The highest BCUT2D eigenvalue weighted by Gasteiger charge is 2.43. The first-order valence-electron chi connectivity index (χ1n) is 5.01. The molecule has 1 aromatic heterocycles. The van der Waals surface area contributed by atoms with Crippen molar-refractivity contribution in [3.8, 4) is 0 Å². The van der Waals surface area contributed by atoms with E-state index in [9.17, 15) is 15.0 Å². The first-order valence-corrected chi connectivity index (χ1v) is 5.01. The average molecular weight is 248 g/mol. The number of aromatic nitrogens is 2. The van der Waals surface area contributed by atoms with Crippen molar-refractivity contribution < 1.29 is 20.1 Å². The lowest BCUT2D eigenvalue weighted by molar-refractivity contribution is -0.0549. The maximum Gasteiger partial charge on any atom is 0.351 e. The van der Waals surface area contributed by atoms with Gasteiger partial charge in [-0.15, -0.1) is 0 Å². The second kappa shape index (κ2) is 4.41. The minimum absolute atomic E-state index is 0.0537. The van der Waals surface area contributed by atoms with Gasteiger partial charge in [-0.2, -0.15) is 4.98 Å². The zero-order valence-electron chi connectivity index (χ0n) is 8.80. The van der Waals surface area contributed by atoms with Gasteiger partial charge in [-0.25, -0.2) is 4.79 Å². The van der Waals surface area contributed by atoms with Gasteiger partial charge in [-0.1, -0.05) is 0 Å². The maximum absolute atomic E-state index is 11.5. The zero-order valence-corrected chi connectivity index (χ0v) is 8.80. The Bertz CT molecular complexity index is 462. The number of hydrogen-bond acceptors (Lipinski definition) is 7. The van der Waals surface area contributed by atoms with Gasteiger partial charge in [0, 0.05) is 6.20 Å². The van der Waals surface area contributed by atoms with Gasteiger partial charge in [0.2, 0.25) is 0 Å². The van der Waals surface area contributed by atoms with Gasteiger partial charge in [0.05, 0.1) is 6.61 Å². The summed E-state index contributed by atoms with van der Waals surface area (Å²) in [6.45, 7) is -0.453. The Morgan fingerprint density at radius 1 is 1.47 bits per heavy atom. The minimum atomic E-state index is -1.31. The summed E-state index contributed by atoms with van der Waals surface area (Å²) in [5.41, 5.74) is 4.63. The molecule has 1 aliphatic heterocycles. The number of nitrogens with zero attached hydrogens (tertiary/aromatic N) is 2. The molecule has 8 heteroatoms. The van der Waals surface area contributed by atoms with E-state index in [4.69, 9.17) is 15.6 Å². The highest BCUT2D eigenvalue weighted by Crippen LogP contribution is 2.27. The summed E-state index contributed by atoms with van der Waals surface area (Å²) < 4.78 is 6.19. The topological polar surface area (TPSA) is 131 Å². The molecule has 1 fully saturated rings. The van der Waals surface area contributed by atoms with Crippen molar-refractivity contribution in [1.29, 1.82) is 0 Å². The van der Waals surface area contributed by atoms with Crippen molar-refractivity contribution >= 4 is 5.82 Å². The predicted molar refractivity (Wildman–Crippen MR) is 55.9 cm³/mol. The summed E-state index contributed by atoms with van der Waals surface area (Å²) in [4.78, 5) is 15.0. The molecular formula is C9H13N3O5. The lowest BCUT2D eigenvalue weighted by Gasteiger charge is -2.16. The zero-order chi connectivity index (χ0) is 12.6. The van der Waals surface area contributed by atoms with Crippen LogP contribution in [0, 0.1) is 0 Å². The summed E-state index contributed by atoms with van der Waals surface area (Å²) in [7, 11) is 0. The van der Waals surface area contributed by atoms with Crippen LogP contribution >= 0.6 is 0 Å². The molecule has 1 saturated heterocycles. The second-order valence-corrected chi connectivity index (χ2v) is 3.77. The van der Waals surface area contributed by atoms with Crippen LogP contribution in [0.4, 0.5) is 5.82 Å². The van der Waals surface area contributed by atoms with Gasteiger partial charge in [0.1, 0.15) is 24.1 Å². The third kappa shape index (κ3) is 2.03. The van der Waals surface area contributed by atoms with Crippen LogP contribution in [-0.2, 0) is 4.74 Å². The van der Waals surface area contributed by atoms with Crippen LogP contribution in [0.3, 0.4) is 0 Å². The van der Waals surface area contributed by atoms with Crippen LogP contribution < -0.4 is 11.4 Å². The van der Waals surface area contributed by atoms with Crippen molar-refractivity contribution in [2.75, 3.05) is 12.3 Å². The third-order valence-corrected chi connectivity index (χ3v) is 2.64. The van der Waals surface area contributed by atoms with Crippen LogP contribution in [0.15, 0.2) is 17.1 Å². The Hall–Kier alpha value is -1.48. The highest BCUT2D eigenvalue weighted by molar-refractivity contribution is 5.23. The molecule has 0 saturated carbocycles. The van der Waals surface area contributed by atoms with Gasteiger partial charge in [0.15, 0.2) is 6.23 Å². The van der Waals surface area contributed by atoms with Crippen LogP contribution in [0.25, 0.3) is 0 Å². The van der Waals surface area contributed by atoms with Crippen molar-refractivity contribution in [2.45, 2.75) is 24.5 Å². The fraction of sp³-hybridized carbons (Fsp3) is 0.556. The Labute approximate surface area is 95.9 Å². The fourth-order valence-corrected chi connectivity index (χ4v) is 1.73. The van der Waals surface area contributed by atoms with Crippen LogP contribution in [-0.4, -0.2) is 49.8 Å². The monoisotopic (exact) mass is 248 g/mol. The molecule has 4 atom stereocenters. The number of aliphatic hydroxyl groups excluding tert-OH is 3. The summed E-state index contributed by atoms with van der Waals surface area (Å²) in [6, 6.07) is 1.37. The van der Waals surface area contributed by atoms with E-state index in [0.29, 0.717) is 0 Å². The van der Waals surface area contributed by atoms with E-state index < -0.39 is 36.8 Å². The van der Waals surface area contributed by atoms with E-state index in [1.807, 2.05) is 0 Å². The van der Waals surface area contributed by atoms with E-state index >= 15 is 0 Å². The molecule has 1 aromatic rings. The number of ether oxygens (including phenoxy) is 1. The maximum atomic E-state index is 11.5. The molecule has 0 spiro atoms. The summed E-state index contributed by atoms with van der Waals surface area (Å²) in [5.74, 6) is 0.0537. The van der Waals surface area contributed by atoms with Crippen molar-refractivity contribution in [3.05, 3.63) is 22.7 Å². The lowest BCUT2D eigenvalue weighted by Crippen LogP contribution is -2.36.